The molecule has 0 radical (unpaired) electrons. The van der Waals surface area contributed by atoms with Crippen LogP contribution >= 0.6 is 0 Å². The normalized spacial score (nSPS) is 16.0. The number of carboxylic acids is 1. The van der Waals surface area contributed by atoms with Gasteiger partial charge in [-0.3, -0.25) is 19.5 Å². The Balaban J connectivity index is 1.66. The van der Waals surface area contributed by atoms with Crippen LogP contribution in [0.15, 0.2) is 48.5 Å². The van der Waals surface area contributed by atoms with E-state index in [1.807, 2.05) is 24.3 Å². The number of fused-ring (bicyclic) bond motifs is 3. The lowest BCUT2D eigenvalue weighted by Crippen LogP contribution is -2.35. The highest BCUT2D eigenvalue weighted by Gasteiger charge is 2.32. The van der Waals surface area contributed by atoms with Crippen molar-refractivity contribution in [3.8, 4) is 0 Å². The number of rotatable bonds is 3. The Kier molecular flexibility index (Phi) is 3.65. The number of carbonyl (C=O) groups is 3. The van der Waals surface area contributed by atoms with Crippen LogP contribution in [0.1, 0.15) is 22.8 Å². The number of hydrogen-bond acceptors (Lipinski definition) is 4. The molecule has 0 spiro atoms. The number of nitrogens with zero attached hydrogens (tertiary/aromatic N) is 2. The van der Waals surface area contributed by atoms with E-state index in [0.29, 0.717) is 17.2 Å². The van der Waals surface area contributed by atoms with Crippen LogP contribution in [0.25, 0.3) is 11.0 Å². The second-order valence-electron chi connectivity index (χ2n) is 5.93. The molecular weight excluding hydrogens is 336 g/mol. The highest BCUT2D eigenvalue weighted by molar-refractivity contribution is 6.03. The van der Waals surface area contributed by atoms with Gasteiger partial charge < -0.3 is 10.4 Å². The quantitative estimate of drug-likeness (QED) is 0.670. The molecule has 1 aliphatic rings. The fourth-order valence-corrected chi connectivity index (χ4v) is 3.02. The van der Waals surface area contributed by atoms with Crippen molar-refractivity contribution in [1.82, 2.24) is 9.55 Å². The molecule has 1 aromatic heterocycles. The highest BCUT2D eigenvalue weighted by Crippen LogP contribution is 2.31. The van der Waals surface area contributed by atoms with Gasteiger partial charge in [0.1, 0.15) is 6.04 Å². The number of para-hydroxylation sites is 2. The number of carbonyl (C=O) groups excluding carboxylic acids is 2. The third-order valence-electron chi connectivity index (χ3n) is 4.24. The number of nitrogens with one attached hydrogen (secondary N) is 2. The van der Waals surface area contributed by atoms with Crippen LogP contribution < -0.4 is 10.6 Å². The van der Waals surface area contributed by atoms with E-state index in [9.17, 15) is 14.4 Å². The van der Waals surface area contributed by atoms with Crippen molar-refractivity contribution in [2.24, 2.45) is 0 Å². The number of anilines is 2. The van der Waals surface area contributed by atoms with E-state index in [1.165, 1.54) is 24.3 Å². The third kappa shape index (κ3) is 2.67. The van der Waals surface area contributed by atoms with Crippen molar-refractivity contribution >= 4 is 40.5 Å². The van der Waals surface area contributed by atoms with Gasteiger partial charge in [-0.15, -0.1) is 0 Å². The molecule has 4 rings (SSSR count). The maximum atomic E-state index is 12.8. The van der Waals surface area contributed by atoms with Gasteiger partial charge in [0.05, 0.1) is 23.0 Å². The molecule has 2 amide bonds. The maximum absolute atomic E-state index is 12.8. The van der Waals surface area contributed by atoms with Crippen molar-refractivity contribution < 1.29 is 19.5 Å². The molecule has 0 aliphatic carbocycles. The molecule has 0 bridgehead atoms. The standard InChI is InChI=1S/C18H14N4O4/c23-15-9-14(16(24)19-11-7-5-10(6-8-11)17(25)26)22-13-4-2-1-3-12(13)20-18(22)21-15/h1-8,14H,9H2,(H,19,24)(H,25,26)(H,20,21,23). The molecule has 1 atom stereocenters. The number of aromatic carboxylic acids is 1. The van der Waals surface area contributed by atoms with Crippen molar-refractivity contribution in [1.29, 1.82) is 0 Å². The van der Waals surface area contributed by atoms with Gasteiger partial charge in [-0.05, 0) is 36.4 Å². The summed E-state index contributed by atoms with van der Waals surface area (Å²) in [6, 6.07) is 12.4. The summed E-state index contributed by atoms with van der Waals surface area (Å²) in [5, 5.41) is 14.4. The summed E-state index contributed by atoms with van der Waals surface area (Å²) in [5.74, 6) is -1.35. The molecule has 8 nitrogen and oxygen atoms in total. The van der Waals surface area contributed by atoms with E-state index in [-0.39, 0.29) is 23.8 Å². The predicted molar refractivity (Wildman–Crippen MR) is 94.0 cm³/mol. The number of amides is 2. The average molecular weight is 350 g/mol. The third-order valence-corrected chi connectivity index (χ3v) is 4.24. The molecule has 3 N–H and O–H groups in total. The lowest BCUT2D eigenvalue weighted by molar-refractivity contribution is -0.124. The Hall–Kier alpha value is -3.68. The summed E-state index contributed by atoms with van der Waals surface area (Å²) in [6.45, 7) is 0. The van der Waals surface area contributed by atoms with Gasteiger partial charge in [0.2, 0.25) is 17.8 Å². The summed E-state index contributed by atoms with van der Waals surface area (Å²) in [6.07, 6.45) is -0.00754. The second-order valence-corrected chi connectivity index (χ2v) is 5.93. The van der Waals surface area contributed by atoms with E-state index >= 15 is 0 Å². The second kappa shape index (κ2) is 5.99. The fourth-order valence-electron chi connectivity index (χ4n) is 3.02. The van der Waals surface area contributed by atoms with Crippen LogP contribution in [0.5, 0.6) is 0 Å². The van der Waals surface area contributed by atoms with E-state index in [4.69, 9.17) is 5.11 Å². The van der Waals surface area contributed by atoms with Crippen LogP contribution in [-0.4, -0.2) is 32.4 Å². The number of aromatic nitrogens is 2. The van der Waals surface area contributed by atoms with Gasteiger partial charge in [0, 0.05) is 5.69 Å². The molecule has 130 valence electrons. The van der Waals surface area contributed by atoms with E-state index in [1.54, 1.807) is 4.57 Å². The molecule has 1 unspecified atom stereocenters. The first-order chi connectivity index (χ1) is 12.5. The Bertz CT molecular complexity index is 1040. The van der Waals surface area contributed by atoms with E-state index in [0.717, 1.165) is 5.52 Å². The molecule has 3 aromatic rings. The highest BCUT2D eigenvalue weighted by atomic mass is 16.4. The predicted octanol–water partition coefficient (Wildman–Crippen LogP) is 2.26. The molecule has 0 saturated heterocycles. The lowest BCUT2D eigenvalue weighted by Gasteiger charge is -2.25. The average Bonchev–Trinajstić information content (AvgIpc) is 2.99. The van der Waals surface area contributed by atoms with E-state index in [2.05, 4.69) is 15.6 Å². The number of imidazole rings is 1. The van der Waals surface area contributed by atoms with Gasteiger partial charge in [-0.2, -0.15) is 0 Å². The van der Waals surface area contributed by atoms with E-state index < -0.39 is 12.0 Å². The smallest absolute Gasteiger partial charge is 0.335 e. The first kappa shape index (κ1) is 15.8. The minimum atomic E-state index is -1.04. The maximum Gasteiger partial charge on any atom is 0.335 e. The summed E-state index contributed by atoms with van der Waals surface area (Å²) in [4.78, 5) is 40.0. The monoisotopic (exact) mass is 350 g/mol. The first-order valence-corrected chi connectivity index (χ1v) is 7.94. The minimum Gasteiger partial charge on any atom is -0.478 e. The Morgan fingerprint density at radius 1 is 1.15 bits per heavy atom. The summed E-state index contributed by atoms with van der Waals surface area (Å²) >= 11 is 0. The zero-order valence-corrected chi connectivity index (χ0v) is 13.5. The zero-order chi connectivity index (χ0) is 18.3. The molecule has 2 heterocycles. The van der Waals surface area contributed by atoms with Crippen LogP contribution in [0.4, 0.5) is 11.6 Å². The Labute approximate surface area is 147 Å². The number of hydrogen-bond donors (Lipinski definition) is 3. The van der Waals surface area contributed by atoms with Gasteiger partial charge in [-0.25, -0.2) is 9.78 Å². The molecule has 1 aliphatic heterocycles. The minimum absolute atomic E-state index is 0.00754. The van der Waals surface area contributed by atoms with Gasteiger partial charge in [0.25, 0.3) is 0 Å². The van der Waals surface area contributed by atoms with Crippen molar-refractivity contribution in [2.45, 2.75) is 12.5 Å². The summed E-state index contributed by atoms with van der Waals surface area (Å²) < 4.78 is 1.71. The SMILES string of the molecule is O=C1CC(C(=O)Nc2ccc(C(=O)O)cc2)n2c(nc3ccccc32)N1. The first-order valence-electron chi connectivity index (χ1n) is 7.94. The molecule has 2 aromatic carbocycles. The molecule has 26 heavy (non-hydrogen) atoms. The van der Waals surface area contributed by atoms with Gasteiger partial charge in [-0.1, -0.05) is 12.1 Å². The summed E-state index contributed by atoms with van der Waals surface area (Å²) in [5.41, 5.74) is 2.03. The van der Waals surface area contributed by atoms with Crippen LogP contribution in [-0.2, 0) is 9.59 Å². The Morgan fingerprint density at radius 2 is 1.88 bits per heavy atom. The largest absolute Gasteiger partial charge is 0.478 e. The summed E-state index contributed by atoms with van der Waals surface area (Å²) in [7, 11) is 0. The molecule has 0 fully saturated rings. The molecule has 8 heteroatoms. The van der Waals surface area contributed by atoms with Crippen molar-refractivity contribution in [2.75, 3.05) is 10.6 Å². The number of carboxylic acid groups (broad SMARTS) is 1. The lowest BCUT2D eigenvalue weighted by atomic mass is 10.1. The van der Waals surface area contributed by atoms with Crippen LogP contribution in [0, 0.1) is 0 Å². The van der Waals surface area contributed by atoms with Crippen molar-refractivity contribution in [3.05, 3.63) is 54.1 Å². The molecule has 0 saturated carbocycles. The Morgan fingerprint density at radius 3 is 2.62 bits per heavy atom. The topological polar surface area (TPSA) is 113 Å². The van der Waals surface area contributed by atoms with Crippen LogP contribution in [0.2, 0.25) is 0 Å². The zero-order valence-electron chi connectivity index (χ0n) is 13.5. The van der Waals surface area contributed by atoms with Crippen molar-refractivity contribution in [3.63, 3.8) is 0 Å². The fraction of sp³-hybridized carbons (Fsp3) is 0.111. The molecular formula is C18H14N4O4. The van der Waals surface area contributed by atoms with Gasteiger partial charge >= 0.3 is 5.97 Å². The van der Waals surface area contributed by atoms with Gasteiger partial charge in [0.15, 0.2) is 0 Å². The number of benzene rings is 2. The van der Waals surface area contributed by atoms with Crippen LogP contribution in [0.3, 0.4) is 0 Å².